The SMILES string of the molecule is CC/C=C\C/C=C\C/C=C\C/C=C\C/C=C\C/C=C\CCCCCCCCCCCCC(=O)OCC(COC(=O)CCCCCCCCCCC)OC(=O)CCCCCCCCCCCCCCCC. The van der Waals surface area contributed by atoms with Gasteiger partial charge in [-0.3, -0.25) is 14.4 Å². The number of ether oxygens (including phenoxy) is 3. The lowest BCUT2D eigenvalue weighted by Gasteiger charge is -2.18. The third kappa shape index (κ3) is 55.8. The van der Waals surface area contributed by atoms with Gasteiger partial charge in [-0.25, -0.2) is 0 Å². The van der Waals surface area contributed by atoms with E-state index in [9.17, 15) is 14.4 Å². The van der Waals surface area contributed by atoms with E-state index in [1.165, 1.54) is 161 Å². The van der Waals surface area contributed by atoms with Crippen molar-refractivity contribution >= 4 is 17.9 Å². The minimum Gasteiger partial charge on any atom is -0.462 e. The molecule has 6 heteroatoms. The van der Waals surface area contributed by atoms with Gasteiger partial charge in [0.2, 0.25) is 0 Å². The summed E-state index contributed by atoms with van der Waals surface area (Å²) in [5, 5.41) is 0. The molecule has 0 aliphatic carbocycles. The number of unbranched alkanes of at least 4 members (excludes halogenated alkanes) is 31. The normalized spacial score (nSPS) is 12.6. The summed E-state index contributed by atoms with van der Waals surface area (Å²) in [6, 6.07) is 0. The summed E-state index contributed by atoms with van der Waals surface area (Å²) in [6.07, 6.45) is 74.8. The first-order valence-electron chi connectivity index (χ1n) is 29.9. The fourth-order valence-electron chi connectivity index (χ4n) is 8.51. The summed E-state index contributed by atoms with van der Waals surface area (Å²) in [5.74, 6) is -0.868. The predicted molar refractivity (Wildman–Crippen MR) is 302 cm³/mol. The van der Waals surface area contributed by atoms with Gasteiger partial charge in [-0.2, -0.15) is 0 Å². The third-order valence-electron chi connectivity index (χ3n) is 13.0. The molecule has 0 heterocycles. The van der Waals surface area contributed by atoms with E-state index >= 15 is 0 Å². The zero-order valence-corrected chi connectivity index (χ0v) is 46.3. The van der Waals surface area contributed by atoms with Crippen LogP contribution in [0.5, 0.6) is 0 Å². The van der Waals surface area contributed by atoms with Gasteiger partial charge in [0.15, 0.2) is 6.10 Å². The standard InChI is InChI=1S/C64H112O6/c1-4-7-10-13-16-19-21-23-25-26-27-28-29-30-31-32-33-34-35-36-37-38-39-41-42-45-48-51-54-57-63(66)69-60-61(59-68-62(65)56-53-50-47-44-18-15-12-9-6-3)70-64(67)58-55-52-49-46-43-40-24-22-20-17-14-11-8-5-2/h7,10,16,19,23,25,27-28,30-31,33-34,61H,4-6,8-9,11-15,17-18,20-22,24,26,29,32,35-60H2,1-3H3/b10-7-,19-16-,25-23-,28-27-,31-30-,34-33-. The van der Waals surface area contributed by atoms with Gasteiger partial charge in [-0.15, -0.1) is 0 Å². The van der Waals surface area contributed by atoms with Crippen LogP contribution in [0.3, 0.4) is 0 Å². The maximum Gasteiger partial charge on any atom is 0.306 e. The lowest BCUT2D eigenvalue weighted by atomic mass is 10.0. The Morgan fingerprint density at radius 1 is 0.300 bits per heavy atom. The predicted octanol–water partition coefficient (Wildman–Crippen LogP) is 20.2. The molecule has 0 spiro atoms. The molecular formula is C64H112O6. The zero-order valence-electron chi connectivity index (χ0n) is 46.3. The lowest BCUT2D eigenvalue weighted by molar-refractivity contribution is -0.167. The maximum atomic E-state index is 12.8. The fraction of sp³-hybridized carbons (Fsp3) is 0.766. The van der Waals surface area contributed by atoms with Crippen molar-refractivity contribution in [3.8, 4) is 0 Å². The highest BCUT2D eigenvalue weighted by molar-refractivity contribution is 5.71. The minimum atomic E-state index is -0.771. The van der Waals surface area contributed by atoms with E-state index in [-0.39, 0.29) is 31.1 Å². The summed E-state index contributed by atoms with van der Waals surface area (Å²) < 4.78 is 16.8. The Morgan fingerprint density at radius 3 is 0.871 bits per heavy atom. The fourth-order valence-corrected chi connectivity index (χ4v) is 8.51. The molecule has 0 bridgehead atoms. The molecule has 0 N–H and O–H groups in total. The van der Waals surface area contributed by atoms with Gasteiger partial charge in [-0.05, 0) is 70.6 Å². The molecule has 0 saturated heterocycles. The molecule has 6 nitrogen and oxygen atoms in total. The van der Waals surface area contributed by atoms with E-state index in [1.807, 2.05) is 0 Å². The monoisotopic (exact) mass is 977 g/mol. The van der Waals surface area contributed by atoms with Gasteiger partial charge in [-0.1, -0.05) is 280 Å². The second-order valence-electron chi connectivity index (χ2n) is 19.9. The van der Waals surface area contributed by atoms with Crippen molar-refractivity contribution in [1.29, 1.82) is 0 Å². The first kappa shape index (κ1) is 66.9. The molecule has 404 valence electrons. The Bertz CT molecular complexity index is 1310. The molecule has 0 aliphatic heterocycles. The summed E-state index contributed by atoms with van der Waals surface area (Å²) >= 11 is 0. The van der Waals surface area contributed by atoms with Crippen molar-refractivity contribution in [3.63, 3.8) is 0 Å². The van der Waals surface area contributed by atoms with Gasteiger partial charge < -0.3 is 14.2 Å². The number of hydrogen-bond acceptors (Lipinski definition) is 6. The van der Waals surface area contributed by atoms with E-state index in [1.54, 1.807) is 0 Å². The Morgan fingerprint density at radius 2 is 0.557 bits per heavy atom. The van der Waals surface area contributed by atoms with Crippen LogP contribution < -0.4 is 0 Å². The first-order chi connectivity index (χ1) is 34.5. The van der Waals surface area contributed by atoms with Crippen molar-refractivity contribution in [2.24, 2.45) is 0 Å². The van der Waals surface area contributed by atoms with Gasteiger partial charge in [0.05, 0.1) is 0 Å². The highest BCUT2D eigenvalue weighted by Gasteiger charge is 2.19. The van der Waals surface area contributed by atoms with E-state index < -0.39 is 6.10 Å². The molecule has 1 unspecified atom stereocenters. The topological polar surface area (TPSA) is 78.9 Å². The second kappa shape index (κ2) is 58.4. The molecule has 0 aromatic heterocycles. The van der Waals surface area contributed by atoms with Gasteiger partial charge in [0.1, 0.15) is 13.2 Å². The summed E-state index contributed by atoms with van der Waals surface area (Å²) in [6.45, 7) is 6.53. The van der Waals surface area contributed by atoms with Crippen LogP contribution in [0.1, 0.15) is 297 Å². The summed E-state index contributed by atoms with van der Waals surface area (Å²) in [5.41, 5.74) is 0. The molecule has 0 radical (unpaired) electrons. The maximum absolute atomic E-state index is 12.8. The molecule has 0 aromatic carbocycles. The Kier molecular flexibility index (Phi) is 55.8. The van der Waals surface area contributed by atoms with E-state index in [2.05, 4.69) is 93.7 Å². The number of hydrogen-bond donors (Lipinski definition) is 0. The van der Waals surface area contributed by atoms with Crippen LogP contribution in [0.4, 0.5) is 0 Å². The lowest BCUT2D eigenvalue weighted by Crippen LogP contribution is -2.30. The molecule has 0 rings (SSSR count). The molecule has 0 fully saturated rings. The van der Waals surface area contributed by atoms with Crippen molar-refractivity contribution in [1.82, 2.24) is 0 Å². The average molecular weight is 978 g/mol. The summed E-state index contributed by atoms with van der Waals surface area (Å²) in [4.78, 5) is 38.0. The molecule has 70 heavy (non-hydrogen) atoms. The van der Waals surface area contributed by atoms with Crippen LogP contribution in [0.2, 0.25) is 0 Å². The molecule has 0 amide bonds. The average Bonchev–Trinajstić information content (AvgIpc) is 3.36. The molecular weight excluding hydrogens is 865 g/mol. The molecule has 1 atom stereocenters. The van der Waals surface area contributed by atoms with E-state index in [0.29, 0.717) is 19.3 Å². The number of allylic oxidation sites excluding steroid dienone is 12. The van der Waals surface area contributed by atoms with Crippen molar-refractivity contribution in [3.05, 3.63) is 72.9 Å². The quantitative estimate of drug-likeness (QED) is 0.0261. The molecule has 0 aliphatic rings. The minimum absolute atomic E-state index is 0.0719. The molecule has 0 saturated carbocycles. The smallest absolute Gasteiger partial charge is 0.306 e. The van der Waals surface area contributed by atoms with Gasteiger partial charge >= 0.3 is 17.9 Å². The summed E-state index contributed by atoms with van der Waals surface area (Å²) in [7, 11) is 0. The van der Waals surface area contributed by atoms with Crippen LogP contribution in [-0.4, -0.2) is 37.2 Å². The van der Waals surface area contributed by atoms with Crippen molar-refractivity contribution < 1.29 is 28.6 Å². The number of rotatable bonds is 54. The third-order valence-corrected chi connectivity index (χ3v) is 13.0. The first-order valence-corrected chi connectivity index (χ1v) is 29.9. The number of carbonyl (C=O) groups is 3. The van der Waals surface area contributed by atoms with Crippen molar-refractivity contribution in [2.45, 2.75) is 303 Å². The number of carbonyl (C=O) groups excluding carboxylic acids is 3. The Hall–Kier alpha value is -3.15. The van der Waals surface area contributed by atoms with Gasteiger partial charge in [0, 0.05) is 19.3 Å². The van der Waals surface area contributed by atoms with Crippen LogP contribution >= 0.6 is 0 Å². The Balaban J connectivity index is 4.16. The van der Waals surface area contributed by atoms with Crippen molar-refractivity contribution in [2.75, 3.05) is 13.2 Å². The second-order valence-corrected chi connectivity index (χ2v) is 19.9. The van der Waals surface area contributed by atoms with Crippen LogP contribution in [0, 0.1) is 0 Å². The largest absolute Gasteiger partial charge is 0.462 e. The van der Waals surface area contributed by atoms with Crippen LogP contribution in [-0.2, 0) is 28.6 Å². The van der Waals surface area contributed by atoms with Crippen LogP contribution in [0.25, 0.3) is 0 Å². The highest BCUT2D eigenvalue weighted by Crippen LogP contribution is 2.16. The number of esters is 3. The van der Waals surface area contributed by atoms with Crippen LogP contribution in [0.15, 0.2) is 72.9 Å². The van der Waals surface area contributed by atoms with E-state index in [4.69, 9.17) is 14.2 Å². The zero-order chi connectivity index (χ0) is 50.7. The van der Waals surface area contributed by atoms with Gasteiger partial charge in [0.25, 0.3) is 0 Å². The van der Waals surface area contributed by atoms with E-state index in [0.717, 1.165) is 96.3 Å². The highest BCUT2D eigenvalue weighted by atomic mass is 16.6. The Labute approximate surface area is 433 Å². The molecule has 0 aromatic rings.